The molecule has 0 amide bonds. The van der Waals surface area contributed by atoms with E-state index >= 15 is 0 Å². The van der Waals surface area contributed by atoms with Crippen LogP contribution in [0.4, 0.5) is 0 Å². The molecule has 0 saturated carbocycles. The number of ether oxygens (including phenoxy) is 1. The maximum atomic E-state index is 12.6. The second kappa shape index (κ2) is 4.24. The fourth-order valence-electron chi connectivity index (χ4n) is 2.50. The molecule has 2 heterocycles. The summed E-state index contributed by atoms with van der Waals surface area (Å²) < 4.78 is 7.47. The number of hydrogen-bond acceptors (Lipinski definition) is 3. The van der Waals surface area contributed by atoms with Gasteiger partial charge in [0, 0.05) is 18.3 Å². The molecule has 0 saturated heterocycles. The lowest BCUT2D eigenvalue weighted by molar-refractivity contribution is 0.103. The van der Waals surface area contributed by atoms with Crippen molar-refractivity contribution in [1.82, 2.24) is 4.57 Å². The second-order valence-corrected chi connectivity index (χ2v) is 4.84. The van der Waals surface area contributed by atoms with Crippen LogP contribution in [0.1, 0.15) is 32.9 Å². The van der Waals surface area contributed by atoms with Crippen LogP contribution in [0.25, 0.3) is 0 Å². The fourth-order valence-corrected chi connectivity index (χ4v) is 2.50. The Morgan fingerprint density at radius 3 is 2.89 bits per heavy atom. The van der Waals surface area contributed by atoms with Gasteiger partial charge in [-0.05, 0) is 30.7 Å². The normalized spacial score (nSPS) is 13.5. The SMILES string of the molecule is Cc1ccc2c(c1)OCc1cc(CO)n(C)c1C2=O. The molecule has 4 heteroatoms. The zero-order valence-electron chi connectivity index (χ0n) is 10.9. The summed E-state index contributed by atoms with van der Waals surface area (Å²) in [7, 11) is 1.79. The zero-order valence-corrected chi connectivity index (χ0v) is 10.9. The summed E-state index contributed by atoms with van der Waals surface area (Å²) >= 11 is 0. The van der Waals surface area contributed by atoms with Crippen molar-refractivity contribution in [3.63, 3.8) is 0 Å². The molecule has 19 heavy (non-hydrogen) atoms. The Hall–Kier alpha value is -2.07. The Balaban J connectivity index is 2.19. The average Bonchev–Trinajstić information content (AvgIpc) is 2.64. The predicted octanol–water partition coefficient (Wildman–Crippen LogP) is 1.95. The number of carbonyl (C=O) groups excluding carboxylic acids is 1. The topological polar surface area (TPSA) is 51.5 Å². The van der Waals surface area contributed by atoms with Crippen molar-refractivity contribution in [3.8, 4) is 5.75 Å². The number of aliphatic hydroxyl groups excluding tert-OH is 1. The summed E-state index contributed by atoms with van der Waals surface area (Å²) in [5.74, 6) is 0.580. The van der Waals surface area contributed by atoms with E-state index in [1.165, 1.54) is 0 Å². The van der Waals surface area contributed by atoms with Crippen molar-refractivity contribution in [1.29, 1.82) is 0 Å². The van der Waals surface area contributed by atoms with Gasteiger partial charge in [0.1, 0.15) is 12.4 Å². The second-order valence-electron chi connectivity index (χ2n) is 4.84. The minimum atomic E-state index is -0.0858. The summed E-state index contributed by atoms with van der Waals surface area (Å²) in [5, 5.41) is 9.28. The minimum Gasteiger partial charge on any atom is -0.488 e. The summed E-state index contributed by atoms with van der Waals surface area (Å²) in [6, 6.07) is 7.41. The molecule has 0 bridgehead atoms. The van der Waals surface area contributed by atoms with Crippen LogP contribution in [0, 0.1) is 6.92 Å². The number of aryl methyl sites for hydroxylation is 1. The lowest BCUT2D eigenvalue weighted by atomic mass is 10.0. The molecule has 1 aliphatic rings. The number of aliphatic hydroxyl groups is 1. The molecule has 0 aliphatic carbocycles. The van der Waals surface area contributed by atoms with Gasteiger partial charge in [0.05, 0.1) is 17.9 Å². The first-order valence-electron chi connectivity index (χ1n) is 6.18. The lowest BCUT2D eigenvalue weighted by Crippen LogP contribution is -2.10. The smallest absolute Gasteiger partial charge is 0.213 e. The largest absolute Gasteiger partial charge is 0.488 e. The molecule has 1 N–H and O–H groups in total. The highest BCUT2D eigenvalue weighted by molar-refractivity contribution is 6.11. The van der Waals surface area contributed by atoms with E-state index < -0.39 is 0 Å². The van der Waals surface area contributed by atoms with Crippen molar-refractivity contribution in [2.24, 2.45) is 7.05 Å². The van der Waals surface area contributed by atoms with E-state index in [4.69, 9.17) is 4.74 Å². The summed E-state index contributed by atoms with van der Waals surface area (Å²) in [6.07, 6.45) is 0. The minimum absolute atomic E-state index is 0.0512. The first-order valence-corrected chi connectivity index (χ1v) is 6.18. The number of rotatable bonds is 1. The van der Waals surface area contributed by atoms with Crippen molar-refractivity contribution >= 4 is 5.78 Å². The van der Waals surface area contributed by atoms with Crippen LogP contribution >= 0.6 is 0 Å². The molecule has 1 aromatic carbocycles. The van der Waals surface area contributed by atoms with Crippen LogP contribution in [0.5, 0.6) is 5.75 Å². The zero-order chi connectivity index (χ0) is 13.6. The van der Waals surface area contributed by atoms with Crippen LogP contribution in [0.3, 0.4) is 0 Å². The van der Waals surface area contributed by atoms with E-state index in [1.54, 1.807) is 17.7 Å². The third-order valence-electron chi connectivity index (χ3n) is 3.55. The predicted molar refractivity (Wildman–Crippen MR) is 70.3 cm³/mol. The number of hydrogen-bond donors (Lipinski definition) is 1. The quantitative estimate of drug-likeness (QED) is 0.849. The number of benzene rings is 1. The van der Waals surface area contributed by atoms with Gasteiger partial charge in [-0.15, -0.1) is 0 Å². The van der Waals surface area contributed by atoms with Gasteiger partial charge in [-0.2, -0.15) is 0 Å². The van der Waals surface area contributed by atoms with Crippen LogP contribution in [0.15, 0.2) is 24.3 Å². The summed E-state index contributed by atoms with van der Waals surface area (Å²) in [4.78, 5) is 12.6. The molecule has 0 spiro atoms. The van der Waals surface area contributed by atoms with Gasteiger partial charge >= 0.3 is 0 Å². The van der Waals surface area contributed by atoms with Gasteiger partial charge in [0.25, 0.3) is 0 Å². The molecule has 2 aromatic rings. The standard InChI is InChI=1S/C15H15NO3/c1-9-3-4-12-13(5-9)19-8-10-6-11(7-17)16(2)14(10)15(12)18/h3-6,17H,7-8H2,1-2H3. The molecular formula is C15H15NO3. The van der Waals surface area contributed by atoms with Gasteiger partial charge in [-0.1, -0.05) is 6.07 Å². The van der Waals surface area contributed by atoms with E-state index in [-0.39, 0.29) is 12.4 Å². The number of carbonyl (C=O) groups is 1. The molecule has 4 nitrogen and oxygen atoms in total. The van der Waals surface area contributed by atoms with Crippen LogP contribution in [-0.2, 0) is 20.3 Å². The molecule has 1 aliphatic heterocycles. The Kier molecular flexibility index (Phi) is 2.68. The molecule has 0 fully saturated rings. The number of fused-ring (bicyclic) bond motifs is 2. The van der Waals surface area contributed by atoms with E-state index in [2.05, 4.69) is 0 Å². The van der Waals surface area contributed by atoms with Crippen LogP contribution in [-0.4, -0.2) is 15.5 Å². The number of ketones is 1. The first-order chi connectivity index (χ1) is 9.11. The fraction of sp³-hybridized carbons (Fsp3) is 0.267. The number of nitrogens with zero attached hydrogens (tertiary/aromatic N) is 1. The molecule has 0 unspecified atom stereocenters. The van der Waals surface area contributed by atoms with Crippen molar-refractivity contribution in [2.75, 3.05) is 0 Å². The van der Waals surface area contributed by atoms with Crippen molar-refractivity contribution < 1.29 is 14.6 Å². The van der Waals surface area contributed by atoms with Crippen LogP contribution < -0.4 is 4.74 Å². The van der Waals surface area contributed by atoms with E-state index in [0.29, 0.717) is 23.6 Å². The highest BCUT2D eigenvalue weighted by Gasteiger charge is 2.26. The third-order valence-corrected chi connectivity index (χ3v) is 3.55. The van der Waals surface area contributed by atoms with E-state index in [1.807, 2.05) is 25.1 Å². The lowest BCUT2D eigenvalue weighted by Gasteiger charge is -2.08. The highest BCUT2D eigenvalue weighted by atomic mass is 16.5. The molecule has 98 valence electrons. The molecule has 3 rings (SSSR count). The molecular weight excluding hydrogens is 242 g/mol. The molecule has 1 aromatic heterocycles. The van der Waals surface area contributed by atoms with Crippen LogP contribution in [0.2, 0.25) is 0 Å². The first kappa shape index (κ1) is 12.0. The van der Waals surface area contributed by atoms with Gasteiger partial charge < -0.3 is 14.4 Å². The van der Waals surface area contributed by atoms with Gasteiger partial charge in [-0.25, -0.2) is 0 Å². The summed E-state index contributed by atoms with van der Waals surface area (Å²) in [6.45, 7) is 2.24. The van der Waals surface area contributed by atoms with Gasteiger partial charge in [0.15, 0.2) is 0 Å². The maximum Gasteiger partial charge on any atom is 0.213 e. The Morgan fingerprint density at radius 1 is 1.37 bits per heavy atom. The summed E-state index contributed by atoms with van der Waals surface area (Å²) in [5.41, 5.74) is 3.79. The Bertz CT molecular complexity index is 670. The maximum absolute atomic E-state index is 12.6. The molecule has 0 atom stereocenters. The Morgan fingerprint density at radius 2 is 2.16 bits per heavy atom. The van der Waals surface area contributed by atoms with E-state index in [9.17, 15) is 9.90 Å². The number of aromatic nitrogens is 1. The average molecular weight is 257 g/mol. The third kappa shape index (κ3) is 1.76. The van der Waals surface area contributed by atoms with Crippen molar-refractivity contribution in [2.45, 2.75) is 20.1 Å². The van der Waals surface area contributed by atoms with Gasteiger partial charge in [0.2, 0.25) is 5.78 Å². The molecule has 0 radical (unpaired) electrons. The van der Waals surface area contributed by atoms with Crippen molar-refractivity contribution in [3.05, 3.63) is 52.3 Å². The Labute approximate surface area is 111 Å². The van der Waals surface area contributed by atoms with Gasteiger partial charge in [-0.3, -0.25) is 4.79 Å². The monoisotopic (exact) mass is 257 g/mol. The highest BCUT2D eigenvalue weighted by Crippen LogP contribution is 2.30. The van der Waals surface area contributed by atoms with E-state index in [0.717, 1.165) is 16.8 Å².